The molecule has 0 aliphatic carbocycles. The second-order valence-electron chi connectivity index (χ2n) is 6.56. The minimum absolute atomic E-state index is 0.109. The third kappa shape index (κ3) is 4.09. The van der Waals surface area contributed by atoms with Crippen LogP contribution in [0, 0.1) is 5.82 Å². The standard InChI is InChI=1S/C18H23FN4O3S2/c1-4-23(5-2)28(25,26)12-6-7-14(19)13(10-12)17(24)21-18-20-15-8-9-22(3)11-16(15)27-18/h6-7,10H,4-5,8-9,11H2,1-3H3,(H,20,21,24). The summed E-state index contributed by atoms with van der Waals surface area (Å²) in [7, 11) is -1.78. The van der Waals surface area contributed by atoms with Crippen molar-refractivity contribution in [1.29, 1.82) is 0 Å². The number of nitrogens with zero attached hydrogens (tertiary/aromatic N) is 3. The summed E-state index contributed by atoms with van der Waals surface area (Å²) >= 11 is 1.36. The Balaban J connectivity index is 1.86. The molecule has 7 nitrogen and oxygen atoms in total. The number of benzene rings is 1. The maximum absolute atomic E-state index is 14.3. The highest BCUT2D eigenvalue weighted by atomic mass is 32.2. The lowest BCUT2D eigenvalue weighted by Crippen LogP contribution is -2.31. The van der Waals surface area contributed by atoms with Gasteiger partial charge in [-0.25, -0.2) is 17.8 Å². The molecular weight excluding hydrogens is 403 g/mol. The molecule has 1 aromatic heterocycles. The third-order valence-electron chi connectivity index (χ3n) is 4.67. The molecule has 0 radical (unpaired) electrons. The number of anilines is 1. The Hall–Kier alpha value is -1.88. The summed E-state index contributed by atoms with van der Waals surface area (Å²) in [5, 5.41) is 3.00. The number of fused-ring (bicyclic) bond motifs is 1. The van der Waals surface area contributed by atoms with Crippen LogP contribution < -0.4 is 5.32 Å². The fourth-order valence-corrected chi connectivity index (χ4v) is 5.66. The van der Waals surface area contributed by atoms with Crippen molar-refractivity contribution in [3.05, 3.63) is 40.2 Å². The minimum Gasteiger partial charge on any atom is -0.301 e. The molecule has 28 heavy (non-hydrogen) atoms. The first-order chi connectivity index (χ1) is 13.3. The second kappa shape index (κ2) is 8.24. The molecule has 1 aliphatic rings. The zero-order valence-corrected chi connectivity index (χ0v) is 17.7. The molecule has 1 N–H and O–H groups in total. The summed E-state index contributed by atoms with van der Waals surface area (Å²) in [5.74, 6) is -1.49. The van der Waals surface area contributed by atoms with E-state index in [4.69, 9.17) is 0 Å². The largest absolute Gasteiger partial charge is 0.301 e. The van der Waals surface area contributed by atoms with Gasteiger partial charge in [-0.1, -0.05) is 13.8 Å². The number of amides is 1. The number of carbonyl (C=O) groups is 1. The first-order valence-electron chi connectivity index (χ1n) is 9.04. The predicted octanol–water partition coefficient (Wildman–Crippen LogP) is 2.55. The van der Waals surface area contributed by atoms with Crippen molar-refractivity contribution >= 4 is 32.4 Å². The van der Waals surface area contributed by atoms with Gasteiger partial charge in [0.2, 0.25) is 10.0 Å². The van der Waals surface area contributed by atoms with E-state index in [2.05, 4.69) is 15.2 Å². The van der Waals surface area contributed by atoms with Crippen molar-refractivity contribution in [3.63, 3.8) is 0 Å². The van der Waals surface area contributed by atoms with Gasteiger partial charge in [0.1, 0.15) is 5.82 Å². The summed E-state index contributed by atoms with van der Waals surface area (Å²) < 4.78 is 40.8. The Morgan fingerprint density at radius 1 is 1.36 bits per heavy atom. The second-order valence-corrected chi connectivity index (χ2v) is 9.58. The van der Waals surface area contributed by atoms with Crippen LogP contribution in [0.4, 0.5) is 9.52 Å². The molecule has 0 saturated heterocycles. The van der Waals surface area contributed by atoms with E-state index in [1.54, 1.807) is 13.8 Å². The molecule has 0 fully saturated rings. The number of sulfonamides is 1. The highest BCUT2D eigenvalue weighted by Crippen LogP contribution is 2.28. The van der Waals surface area contributed by atoms with Crippen molar-refractivity contribution in [2.45, 2.75) is 31.7 Å². The minimum atomic E-state index is -3.79. The van der Waals surface area contributed by atoms with Gasteiger partial charge in [-0.05, 0) is 25.2 Å². The Morgan fingerprint density at radius 2 is 2.07 bits per heavy atom. The number of carbonyl (C=O) groups excluding carboxylic acids is 1. The summed E-state index contributed by atoms with van der Waals surface area (Å²) in [5.41, 5.74) is 0.621. The Kier molecular flexibility index (Phi) is 6.13. The Bertz CT molecular complexity index is 987. The van der Waals surface area contributed by atoms with Crippen LogP contribution >= 0.6 is 11.3 Å². The van der Waals surface area contributed by atoms with E-state index in [9.17, 15) is 17.6 Å². The summed E-state index contributed by atoms with van der Waals surface area (Å²) in [6.07, 6.45) is 0.796. The maximum Gasteiger partial charge on any atom is 0.260 e. The van der Waals surface area contributed by atoms with Crippen LogP contribution in [0.3, 0.4) is 0 Å². The van der Waals surface area contributed by atoms with Crippen LogP contribution in [0.5, 0.6) is 0 Å². The molecule has 0 spiro atoms. The molecule has 1 aromatic carbocycles. The molecule has 1 aliphatic heterocycles. The lowest BCUT2D eigenvalue weighted by Gasteiger charge is -2.20. The number of hydrogen-bond acceptors (Lipinski definition) is 6. The number of nitrogens with one attached hydrogen (secondary N) is 1. The van der Waals surface area contributed by atoms with E-state index >= 15 is 0 Å². The van der Waals surface area contributed by atoms with Gasteiger partial charge in [-0.15, -0.1) is 11.3 Å². The van der Waals surface area contributed by atoms with E-state index in [1.807, 2.05) is 7.05 Å². The van der Waals surface area contributed by atoms with Crippen LogP contribution in [0.15, 0.2) is 23.1 Å². The quantitative estimate of drug-likeness (QED) is 0.768. The van der Waals surface area contributed by atoms with Crippen molar-refractivity contribution in [2.24, 2.45) is 0 Å². The van der Waals surface area contributed by atoms with Crippen molar-refractivity contribution in [2.75, 3.05) is 32.0 Å². The molecule has 152 valence electrons. The summed E-state index contributed by atoms with van der Waals surface area (Å²) in [6.45, 7) is 5.67. The maximum atomic E-state index is 14.3. The number of halogens is 1. The molecule has 1 amide bonds. The molecular formula is C18H23FN4O3S2. The van der Waals surface area contributed by atoms with E-state index in [0.29, 0.717) is 5.13 Å². The smallest absolute Gasteiger partial charge is 0.260 e. The van der Waals surface area contributed by atoms with Crippen molar-refractivity contribution in [1.82, 2.24) is 14.2 Å². The molecule has 3 rings (SSSR count). The first-order valence-corrected chi connectivity index (χ1v) is 11.3. The third-order valence-corrected chi connectivity index (χ3v) is 7.71. The Morgan fingerprint density at radius 3 is 2.75 bits per heavy atom. The van der Waals surface area contributed by atoms with Crippen LogP contribution in [-0.4, -0.2) is 55.2 Å². The molecule has 2 aromatic rings. The zero-order chi connectivity index (χ0) is 20.5. The van der Waals surface area contributed by atoms with Gasteiger partial charge >= 0.3 is 0 Å². The van der Waals surface area contributed by atoms with E-state index in [1.165, 1.54) is 21.7 Å². The lowest BCUT2D eigenvalue weighted by atomic mass is 10.2. The first kappa shape index (κ1) is 20.8. The molecule has 0 atom stereocenters. The topological polar surface area (TPSA) is 82.6 Å². The average Bonchev–Trinajstić information content (AvgIpc) is 3.03. The lowest BCUT2D eigenvalue weighted by molar-refractivity contribution is 0.102. The summed E-state index contributed by atoms with van der Waals surface area (Å²) in [4.78, 5) is 20.1. The number of hydrogen-bond donors (Lipinski definition) is 1. The van der Waals surface area contributed by atoms with Gasteiger partial charge in [0.05, 0.1) is 16.2 Å². The van der Waals surface area contributed by atoms with Gasteiger partial charge in [-0.2, -0.15) is 4.31 Å². The molecule has 2 heterocycles. The number of aromatic nitrogens is 1. The fraction of sp³-hybridized carbons (Fsp3) is 0.444. The molecule has 0 unspecified atom stereocenters. The van der Waals surface area contributed by atoms with E-state index in [0.717, 1.165) is 42.2 Å². The van der Waals surface area contributed by atoms with Gasteiger partial charge in [0.25, 0.3) is 5.91 Å². The van der Waals surface area contributed by atoms with Crippen molar-refractivity contribution < 1.29 is 17.6 Å². The van der Waals surface area contributed by atoms with Crippen LogP contribution in [0.25, 0.3) is 0 Å². The monoisotopic (exact) mass is 426 g/mol. The number of rotatable bonds is 6. The van der Waals surface area contributed by atoms with Gasteiger partial charge in [-0.3, -0.25) is 10.1 Å². The highest BCUT2D eigenvalue weighted by Gasteiger charge is 2.25. The van der Waals surface area contributed by atoms with Gasteiger partial charge in [0.15, 0.2) is 5.13 Å². The highest BCUT2D eigenvalue weighted by molar-refractivity contribution is 7.89. The van der Waals surface area contributed by atoms with E-state index in [-0.39, 0.29) is 23.5 Å². The SMILES string of the molecule is CCN(CC)S(=O)(=O)c1ccc(F)c(C(=O)Nc2nc3c(s2)CN(C)CC3)c1. The van der Waals surface area contributed by atoms with E-state index < -0.39 is 21.7 Å². The molecule has 0 saturated carbocycles. The number of thiazole rings is 1. The Labute approximate surface area is 168 Å². The molecule has 0 bridgehead atoms. The van der Waals surface area contributed by atoms with Crippen molar-refractivity contribution in [3.8, 4) is 0 Å². The fourth-order valence-electron chi connectivity index (χ4n) is 3.09. The van der Waals surface area contributed by atoms with Gasteiger partial charge in [0, 0.05) is 37.5 Å². The normalized spacial score (nSPS) is 14.9. The average molecular weight is 427 g/mol. The van der Waals surface area contributed by atoms with Crippen LogP contribution in [0.1, 0.15) is 34.8 Å². The summed E-state index contributed by atoms with van der Waals surface area (Å²) in [6, 6.07) is 3.27. The number of likely N-dealkylation sites (N-methyl/N-ethyl adjacent to an activating group) is 1. The predicted molar refractivity (Wildman–Crippen MR) is 107 cm³/mol. The zero-order valence-electron chi connectivity index (χ0n) is 16.0. The molecule has 10 heteroatoms. The van der Waals surface area contributed by atoms with Crippen LogP contribution in [0.2, 0.25) is 0 Å². The van der Waals surface area contributed by atoms with Gasteiger partial charge < -0.3 is 4.90 Å². The van der Waals surface area contributed by atoms with Crippen LogP contribution in [-0.2, 0) is 23.0 Å².